The van der Waals surface area contributed by atoms with E-state index in [1.807, 2.05) is 11.8 Å². The highest BCUT2D eigenvalue weighted by atomic mass is 32.2. The highest BCUT2D eigenvalue weighted by Crippen LogP contribution is 2.05. The lowest BCUT2D eigenvalue weighted by Gasteiger charge is -2.07. The number of hydrogen-bond acceptors (Lipinski definition) is 5. The van der Waals surface area contributed by atoms with Gasteiger partial charge in [0.25, 0.3) is 0 Å². The van der Waals surface area contributed by atoms with Crippen LogP contribution in [0.25, 0.3) is 0 Å². The van der Waals surface area contributed by atoms with E-state index >= 15 is 0 Å². The molecular formula is C8H17N5S. The zero-order chi connectivity index (χ0) is 10.4. The second kappa shape index (κ2) is 5.98. The van der Waals surface area contributed by atoms with Gasteiger partial charge in [-0.2, -0.15) is 16.6 Å². The van der Waals surface area contributed by atoms with Gasteiger partial charge in [-0.05, 0) is 17.4 Å². The molecular weight excluding hydrogens is 198 g/mol. The Morgan fingerprint density at radius 3 is 2.93 bits per heavy atom. The van der Waals surface area contributed by atoms with E-state index in [9.17, 15) is 0 Å². The monoisotopic (exact) mass is 215 g/mol. The number of aromatic nitrogens is 4. The van der Waals surface area contributed by atoms with Crippen LogP contribution in [-0.4, -0.2) is 37.8 Å². The molecule has 1 aromatic heterocycles. The van der Waals surface area contributed by atoms with Crippen molar-refractivity contribution in [2.45, 2.75) is 25.8 Å². The highest BCUT2D eigenvalue weighted by Gasteiger charge is 2.07. The van der Waals surface area contributed by atoms with Crippen molar-refractivity contribution in [3.05, 3.63) is 5.82 Å². The molecule has 0 aliphatic carbocycles. The normalized spacial score (nSPS) is 13.1. The molecule has 0 aromatic carbocycles. The average molecular weight is 215 g/mol. The second-order valence-corrected chi connectivity index (χ2v) is 4.38. The van der Waals surface area contributed by atoms with E-state index in [1.165, 1.54) is 17.0 Å². The Hall–Kier alpha value is -0.620. The average Bonchev–Trinajstić information content (AvgIpc) is 2.52. The molecule has 80 valence electrons. The summed E-state index contributed by atoms with van der Waals surface area (Å²) in [6.45, 7) is 2.17. The SMILES string of the molecule is CCCSCC(N)Cc1nnn(C)n1. The van der Waals surface area contributed by atoms with E-state index in [2.05, 4.69) is 22.3 Å². The smallest absolute Gasteiger partial charge is 0.176 e. The second-order valence-electron chi connectivity index (χ2n) is 3.23. The van der Waals surface area contributed by atoms with Gasteiger partial charge in [0, 0.05) is 18.2 Å². The molecule has 5 nitrogen and oxygen atoms in total. The summed E-state index contributed by atoms with van der Waals surface area (Å²) < 4.78 is 0. The first kappa shape index (κ1) is 11.5. The molecule has 0 aliphatic rings. The summed E-state index contributed by atoms with van der Waals surface area (Å²) in [5.74, 6) is 2.87. The van der Waals surface area contributed by atoms with Crippen molar-refractivity contribution in [1.82, 2.24) is 20.2 Å². The molecule has 14 heavy (non-hydrogen) atoms. The number of nitrogens with zero attached hydrogens (tertiary/aromatic N) is 4. The third-order valence-electron chi connectivity index (χ3n) is 1.67. The predicted molar refractivity (Wildman–Crippen MR) is 58.1 cm³/mol. The summed E-state index contributed by atoms with van der Waals surface area (Å²) in [6, 6.07) is 0.135. The van der Waals surface area contributed by atoms with Gasteiger partial charge >= 0.3 is 0 Å². The van der Waals surface area contributed by atoms with Crippen LogP contribution in [0.1, 0.15) is 19.2 Å². The van der Waals surface area contributed by atoms with Crippen molar-refractivity contribution >= 4 is 11.8 Å². The van der Waals surface area contributed by atoms with Crippen LogP contribution in [0, 0.1) is 0 Å². The number of hydrogen-bond donors (Lipinski definition) is 1. The van der Waals surface area contributed by atoms with Gasteiger partial charge in [-0.15, -0.1) is 10.2 Å². The number of aryl methyl sites for hydroxylation is 1. The molecule has 1 aromatic rings. The van der Waals surface area contributed by atoms with Crippen molar-refractivity contribution in [3.63, 3.8) is 0 Å². The van der Waals surface area contributed by atoms with Crippen molar-refractivity contribution in [2.24, 2.45) is 12.8 Å². The zero-order valence-corrected chi connectivity index (χ0v) is 9.50. The van der Waals surface area contributed by atoms with Crippen LogP contribution in [-0.2, 0) is 13.5 Å². The molecule has 2 N–H and O–H groups in total. The predicted octanol–water partition coefficient (Wildman–Crippen LogP) is 0.223. The first-order chi connectivity index (χ1) is 6.72. The third kappa shape index (κ3) is 4.06. The molecule has 1 rings (SSSR count). The minimum atomic E-state index is 0.135. The maximum atomic E-state index is 5.92. The van der Waals surface area contributed by atoms with E-state index in [-0.39, 0.29) is 6.04 Å². The Morgan fingerprint density at radius 1 is 1.57 bits per heavy atom. The Kier molecular flexibility index (Phi) is 4.89. The summed E-state index contributed by atoms with van der Waals surface area (Å²) in [4.78, 5) is 1.46. The van der Waals surface area contributed by atoms with Crippen LogP contribution >= 0.6 is 11.8 Å². The molecule has 6 heteroatoms. The minimum Gasteiger partial charge on any atom is -0.327 e. The molecule has 0 fully saturated rings. The molecule has 0 radical (unpaired) electrons. The summed E-state index contributed by atoms with van der Waals surface area (Å²) in [5, 5.41) is 11.7. The summed E-state index contributed by atoms with van der Waals surface area (Å²) in [5.41, 5.74) is 5.92. The van der Waals surface area contributed by atoms with Crippen LogP contribution in [0.15, 0.2) is 0 Å². The molecule has 1 unspecified atom stereocenters. The molecule has 0 amide bonds. The van der Waals surface area contributed by atoms with Crippen molar-refractivity contribution < 1.29 is 0 Å². The largest absolute Gasteiger partial charge is 0.327 e. The van der Waals surface area contributed by atoms with Gasteiger partial charge in [-0.1, -0.05) is 6.92 Å². The summed E-state index contributed by atoms with van der Waals surface area (Å²) >= 11 is 1.88. The maximum Gasteiger partial charge on any atom is 0.176 e. The Balaban J connectivity index is 2.23. The van der Waals surface area contributed by atoms with Crippen LogP contribution in [0.2, 0.25) is 0 Å². The zero-order valence-electron chi connectivity index (χ0n) is 8.68. The van der Waals surface area contributed by atoms with Crippen molar-refractivity contribution in [3.8, 4) is 0 Å². The highest BCUT2D eigenvalue weighted by molar-refractivity contribution is 7.99. The van der Waals surface area contributed by atoms with Gasteiger partial charge < -0.3 is 5.73 Å². The molecule has 0 bridgehead atoms. The Labute approximate surface area is 88.4 Å². The van der Waals surface area contributed by atoms with Crippen molar-refractivity contribution in [1.29, 1.82) is 0 Å². The standard InChI is InChI=1S/C8H17N5S/c1-3-4-14-6-7(9)5-8-10-12-13(2)11-8/h7H,3-6,9H2,1-2H3. The molecule has 1 heterocycles. The fourth-order valence-corrected chi connectivity index (χ4v) is 1.95. The van der Waals surface area contributed by atoms with Crippen LogP contribution in [0.4, 0.5) is 0 Å². The number of nitrogens with two attached hydrogens (primary N) is 1. The first-order valence-corrected chi connectivity index (χ1v) is 5.94. The molecule has 1 atom stereocenters. The van der Waals surface area contributed by atoms with E-state index in [4.69, 9.17) is 5.73 Å². The van der Waals surface area contributed by atoms with Gasteiger partial charge in [-0.25, -0.2) is 0 Å². The van der Waals surface area contributed by atoms with Gasteiger partial charge in [0.2, 0.25) is 0 Å². The maximum absolute atomic E-state index is 5.92. The fraction of sp³-hybridized carbons (Fsp3) is 0.875. The van der Waals surface area contributed by atoms with Gasteiger partial charge in [-0.3, -0.25) is 0 Å². The van der Waals surface area contributed by atoms with Gasteiger partial charge in [0.15, 0.2) is 5.82 Å². The van der Waals surface area contributed by atoms with E-state index in [0.717, 1.165) is 11.6 Å². The minimum absolute atomic E-state index is 0.135. The lowest BCUT2D eigenvalue weighted by Crippen LogP contribution is -2.26. The van der Waals surface area contributed by atoms with Gasteiger partial charge in [0.05, 0.1) is 7.05 Å². The molecule has 0 saturated heterocycles. The number of tetrazole rings is 1. The van der Waals surface area contributed by atoms with E-state index < -0.39 is 0 Å². The van der Waals surface area contributed by atoms with E-state index in [1.54, 1.807) is 7.05 Å². The number of thioether (sulfide) groups is 1. The van der Waals surface area contributed by atoms with Crippen LogP contribution in [0.5, 0.6) is 0 Å². The quantitative estimate of drug-likeness (QED) is 0.688. The lowest BCUT2D eigenvalue weighted by atomic mass is 10.2. The first-order valence-electron chi connectivity index (χ1n) is 4.78. The Bertz CT molecular complexity index is 262. The molecule has 0 saturated carbocycles. The van der Waals surface area contributed by atoms with E-state index in [0.29, 0.717) is 6.42 Å². The van der Waals surface area contributed by atoms with Crippen molar-refractivity contribution in [2.75, 3.05) is 11.5 Å². The third-order valence-corrected chi connectivity index (χ3v) is 3.04. The Morgan fingerprint density at radius 2 is 2.36 bits per heavy atom. The summed E-state index contributed by atoms with van der Waals surface area (Å²) in [7, 11) is 1.76. The molecule has 0 spiro atoms. The van der Waals surface area contributed by atoms with Crippen LogP contribution in [0.3, 0.4) is 0 Å². The fourth-order valence-electron chi connectivity index (χ4n) is 1.08. The topological polar surface area (TPSA) is 69.6 Å². The summed E-state index contributed by atoms with van der Waals surface area (Å²) in [6.07, 6.45) is 1.91. The molecule has 0 aliphatic heterocycles. The number of rotatable bonds is 6. The van der Waals surface area contributed by atoms with Crippen LogP contribution < -0.4 is 5.73 Å². The van der Waals surface area contributed by atoms with Gasteiger partial charge in [0.1, 0.15) is 0 Å². The lowest BCUT2D eigenvalue weighted by molar-refractivity contribution is 0.624.